The Balaban J connectivity index is 1.82. The topological polar surface area (TPSA) is 49.9 Å². The first kappa shape index (κ1) is 19.2. The number of carbonyl (C=O) groups excluding carboxylic acids is 2. The lowest BCUT2D eigenvalue weighted by Crippen LogP contribution is -2.37. The van der Waals surface area contributed by atoms with E-state index >= 15 is 0 Å². The highest BCUT2D eigenvalue weighted by molar-refractivity contribution is 6.36. The molecule has 5 nitrogen and oxygen atoms in total. The molecule has 0 N–H and O–H groups in total. The van der Waals surface area contributed by atoms with Gasteiger partial charge in [-0.1, -0.05) is 30.3 Å². The second kappa shape index (κ2) is 7.74. The molecule has 0 atom stereocenters. The number of para-hydroxylation sites is 1. The van der Waals surface area contributed by atoms with Crippen LogP contribution in [0.15, 0.2) is 54.2 Å². The largest absolute Gasteiger partial charge is 0.491 e. The number of imide groups is 1. The minimum absolute atomic E-state index is 0.0748. The fraction of sp³-hybridized carbons (Fsp3) is 0.333. The molecule has 0 aliphatic carbocycles. The Kier molecular flexibility index (Phi) is 5.14. The van der Waals surface area contributed by atoms with Gasteiger partial charge in [0.25, 0.3) is 11.8 Å². The van der Waals surface area contributed by atoms with Crippen molar-refractivity contribution in [1.82, 2.24) is 4.90 Å². The van der Waals surface area contributed by atoms with Gasteiger partial charge in [-0.05, 0) is 62.9 Å². The molecule has 150 valence electrons. The summed E-state index contributed by atoms with van der Waals surface area (Å²) in [5, 5.41) is 0. The molecule has 0 aromatic heterocycles. The first-order valence-electron chi connectivity index (χ1n) is 10.2. The molecule has 0 spiro atoms. The number of nitrogens with zero attached hydrogens (tertiary/aromatic N) is 2. The number of hydrogen-bond acceptors (Lipinski definition) is 4. The maximum absolute atomic E-state index is 13.2. The van der Waals surface area contributed by atoms with Gasteiger partial charge >= 0.3 is 0 Å². The molecule has 0 fully saturated rings. The van der Waals surface area contributed by atoms with Crippen molar-refractivity contribution < 1.29 is 14.3 Å². The molecule has 2 aromatic carbocycles. The third-order valence-corrected chi connectivity index (χ3v) is 5.35. The first-order chi connectivity index (χ1) is 14.0. The summed E-state index contributed by atoms with van der Waals surface area (Å²) in [6, 6.07) is 15.6. The van der Waals surface area contributed by atoms with Crippen molar-refractivity contribution in [2.45, 2.75) is 39.7 Å². The van der Waals surface area contributed by atoms with E-state index in [0.717, 1.165) is 36.4 Å². The predicted molar refractivity (Wildman–Crippen MR) is 114 cm³/mol. The van der Waals surface area contributed by atoms with Gasteiger partial charge in [0.05, 0.1) is 11.7 Å². The van der Waals surface area contributed by atoms with E-state index in [9.17, 15) is 9.59 Å². The fourth-order valence-electron chi connectivity index (χ4n) is 4.10. The van der Waals surface area contributed by atoms with E-state index in [4.69, 9.17) is 4.74 Å². The highest BCUT2D eigenvalue weighted by Crippen LogP contribution is 2.38. The third kappa shape index (κ3) is 3.41. The van der Waals surface area contributed by atoms with E-state index in [0.29, 0.717) is 17.8 Å². The van der Waals surface area contributed by atoms with Crippen LogP contribution in [0.2, 0.25) is 0 Å². The average Bonchev–Trinajstić information content (AvgIpc) is 2.97. The minimum atomic E-state index is -0.229. The summed E-state index contributed by atoms with van der Waals surface area (Å²) in [5.74, 6) is 0.304. The van der Waals surface area contributed by atoms with Crippen molar-refractivity contribution in [2.75, 3.05) is 18.0 Å². The van der Waals surface area contributed by atoms with Gasteiger partial charge in [0, 0.05) is 18.8 Å². The summed E-state index contributed by atoms with van der Waals surface area (Å²) in [6.07, 6.45) is 2.00. The van der Waals surface area contributed by atoms with Crippen LogP contribution in [0.4, 0.5) is 5.69 Å². The molecule has 5 heteroatoms. The minimum Gasteiger partial charge on any atom is -0.491 e. The van der Waals surface area contributed by atoms with Gasteiger partial charge in [0.2, 0.25) is 0 Å². The smallest absolute Gasteiger partial charge is 0.278 e. The number of anilines is 1. The van der Waals surface area contributed by atoms with Crippen LogP contribution < -0.4 is 9.64 Å². The van der Waals surface area contributed by atoms with Gasteiger partial charge in [0.15, 0.2) is 0 Å². The number of hydrogen-bond donors (Lipinski definition) is 0. The number of benzene rings is 2. The van der Waals surface area contributed by atoms with Crippen molar-refractivity contribution in [2.24, 2.45) is 0 Å². The summed E-state index contributed by atoms with van der Waals surface area (Å²) < 4.78 is 5.72. The molecule has 0 radical (unpaired) electrons. The molecule has 0 unspecified atom stereocenters. The Morgan fingerprint density at radius 1 is 1.00 bits per heavy atom. The standard InChI is InChI=1S/C24H26N2O3/c1-4-25-23(27)21(18-11-13-19(14-12-18)29-16(2)3)22(24(25)28)26-15-7-9-17-8-5-6-10-20(17)26/h5-6,8,10-14,16H,4,7,9,15H2,1-3H3. The Morgan fingerprint density at radius 3 is 2.41 bits per heavy atom. The lowest BCUT2D eigenvalue weighted by molar-refractivity contribution is -0.136. The maximum atomic E-state index is 13.2. The number of carbonyl (C=O) groups is 2. The Labute approximate surface area is 171 Å². The number of likely N-dealkylation sites (N-methyl/N-ethyl adjacent to an activating group) is 1. The number of aryl methyl sites for hydroxylation is 1. The van der Waals surface area contributed by atoms with Gasteiger partial charge in [-0.2, -0.15) is 0 Å². The monoisotopic (exact) mass is 390 g/mol. The molecule has 2 aliphatic rings. The van der Waals surface area contributed by atoms with Crippen molar-refractivity contribution in [3.8, 4) is 5.75 Å². The number of rotatable bonds is 5. The Morgan fingerprint density at radius 2 is 1.72 bits per heavy atom. The van der Waals surface area contributed by atoms with E-state index in [1.807, 2.05) is 68.1 Å². The summed E-state index contributed by atoms with van der Waals surface area (Å²) in [7, 11) is 0. The van der Waals surface area contributed by atoms with Crippen LogP contribution in [0.3, 0.4) is 0 Å². The average molecular weight is 390 g/mol. The number of ether oxygens (including phenoxy) is 1. The summed E-state index contributed by atoms with van der Waals surface area (Å²) in [4.78, 5) is 29.8. The normalized spacial score (nSPS) is 16.7. The van der Waals surface area contributed by atoms with Crippen molar-refractivity contribution in [3.63, 3.8) is 0 Å². The fourth-order valence-corrected chi connectivity index (χ4v) is 4.10. The van der Waals surface area contributed by atoms with Crippen molar-refractivity contribution in [3.05, 3.63) is 65.4 Å². The quantitative estimate of drug-likeness (QED) is 0.724. The Bertz CT molecular complexity index is 976. The molecule has 2 aliphatic heterocycles. The second-order valence-corrected chi connectivity index (χ2v) is 7.65. The molecular weight excluding hydrogens is 364 g/mol. The van der Waals surface area contributed by atoms with Crippen molar-refractivity contribution >= 4 is 23.1 Å². The van der Waals surface area contributed by atoms with E-state index < -0.39 is 0 Å². The SMILES string of the molecule is CCN1C(=O)C(c2ccc(OC(C)C)cc2)=C(N2CCCc3ccccc32)C1=O. The maximum Gasteiger partial charge on any atom is 0.278 e. The van der Waals surface area contributed by atoms with E-state index in [-0.39, 0.29) is 17.9 Å². The van der Waals surface area contributed by atoms with Gasteiger partial charge < -0.3 is 9.64 Å². The number of fused-ring (bicyclic) bond motifs is 1. The summed E-state index contributed by atoms with van der Waals surface area (Å²) >= 11 is 0. The molecule has 4 rings (SSSR count). The van der Waals surface area contributed by atoms with Crippen LogP contribution in [-0.2, 0) is 16.0 Å². The molecule has 29 heavy (non-hydrogen) atoms. The molecule has 0 saturated carbocycles. The van der Waals surface area contributed by atoms with Gasteiger partial charge in [-0.15, -0.1) is 0 Å². The summed E-state index contributed by atoms with van der Waals surface area (Å²) in [6.45, 7) is 6.86. The van der Waals surface area contributed by atoms with E-state index in [1.165, 1.54) is 10.5 Å². The molecule has 0 saturated heterocycles. The lowest BCUT2D eigenvalue weighted by Gasteiger charge is -2.32. The number of amides is 2. The van der Waals surface area contributed by atoms with Crippen LogP contribution in [-0.4, -0.2) is 35.9 Å². The first-order valence-corrected chi connectivity index (χ1v) is 10.2. The predicted octanol–water partition coefficient (Wildman–Crippen LogP) is 4.03. The van der Waals surface area contributed by atoms with Crippen molar-refractivity contribution in [1.29, 1.82) is 0 Å². The zero-order valence-corrected chi connectivity index (χ0v) is 17.1. The van der Waals surface area contributed by atoms with Crippen LogP contribution in [0.1, 0.15) is 38.3 Å². The van der Waals surface area contributed by atoms with E-state index in [1.54, 1.807) is 0 Å². The van der Waals surface area contributed by atoms with Gasteiger partial charge in [-0.25, -0.2) is 0 Å². The van der Waals surface area contributed by atoms with Crippen LogP contribution >= 0.6 is 0 Å². The molecule has 2 aromatic rings. The van der Waals surface area contributed by atoms with Crippen LogP contribution in [0, 0.1) is 0 Å². The highest BCUT2D eigenvalue weighted by Gasteiger charge is 2.41. The highest BCUT2D eigenvalue weighted by atomic mass is 16.5. The second-order valence-electron chi connectivity index (χ2n) is 7.65. The zero-order chi connectivity index (χ0) is 20.5. The molecule has 2 heterocycles. The van der Waals surface area contributed by atoms with Crippen LogP contribution in [0.5, 0.6) is 5.75 Å². The van der Waals surface area contributed by atoms with E-state index in [2.05, 4.69) is 6.07 Å². The lowest BCUT2D eigenvalue weighted by atomic mass is 9.98. The third-order valence-electron chi connectivity index (χ3n) is 5.35. The zero-order valence-electron chi connectivity index (χ0n) is 17.1. The molecule has 2 amide bonds. The van der Waals surface area contributed by atoms with Gasteiger partial charge in [0.1, 0.15) is 11.4 Å². The molecule has 0 bridgehead atoms. The van der Waals surface area contributed by atoms with Crippen LogP contribution in [0.25, 0.3) is 5.57 Å². The summed E-state index contributed by atoms with van der Waals surface area (Å²) in [5.41, 5.74) is 3.94. The van der Waals surface area contributed by atoms with Gasteiger partial charge in [-0.3, -0.25) is 14.5 Å². The Hall–Kier alpha value is -3.08. The molecular formula is C24H26N2O3.